The van der Waals surface area contributed by atoms with Crippen molar-refractivity contribution in [2.24, 2.45) is 0 Å². The molecule has 100 valence electrons. The first-order chi connectivity index (χ1) is 8.72. The number of methoxy groups -OCH3 is 2. The summed E-state index contributed by atoms with van der Waals surface area (Å²) in [7, 11) is 5.54. The molecule has 0 amide bonds. The van der Waals surface area contributed by atoms with Gasteiger partial charge in [0, 0.05) is 18.7 Å². The molecule has 0 saturated carbocycles. The molecule has 1 aliphatic heterocycles. The van der Waals surface area contributed by atoms with Crippen molar-refractivity contribution >= 4 is 0 Å². The largest absolute Gasteiger partial charge is 0.497 e. The zero-order valence-corrected chi connectivity index (χ0v) is 11.4. The van der Waals surface area contributed by atoms with Gasteiger partial charge < -0.3 is 19.7 Å². The SMILES string of the molecule is COc1cc(OC)cc(C2CN(C)CCCN2)c1. The van der Waals surface area contributed by atoms with Gasteiger partial charge in [0.15, 0.2) is 0 Å². The minimum atomic E-state index is 0.335. The second kappa shape index (κ2) is 6.07. The summed E-state index contributed by atoms with van der Waals surface area (Å²) < 4.78 is 10.6. The summed E-state index contributed by atoms with van der Waals surface area (Å²) in [6, 6.07) is 6.41. The highest BCUT2D eigenvalue weighted by Crippen LogP contribution is 2.27. The molecule has 4 heteroatoms. The van der Waals surface area contributed by atoms with E-state index >= 15 is 0 Å². The van der Waals surface area contributed by atoms with Gasteiger partial charge in [0.1, 0.15) is 11.5 Å². The normalized spacial score (nSPS) is 21.4. The predicted molar refractivity (Wildman–Crippen MR) is 72.4 cm³/mol. The van der Waals surface area contributed by atoms with E-state index in [9.17, 15) is 0 Å². The van der Waals surface area contributed by atoms with Crippen LogP contribution in [0.1, 0.15) is 18.0 Å². The van der Waals surface area contributed by atoms with Gasteiger partial charge in [-0.25, -0.2) is 0 Å². The summed E-state index contributed by atoms with van der Waals surface area (Å²) in [5, 5.41) is 3.58. The Balaban J connectivity index is 2.24. The monoisotopic (exact) mass is 250 g/mol. The van der Waals surface area contributed by atoms with Crippen molar-refractivity contribution in [3.63, 3.8) is 0 Å². The van der Waals surface area contributed by atoms with Gasteiger partial charge in [-0.2, -0.15) is 0 Å². The number of rotatable bonds is 3. The van der Waals surface area contributed by atoms with Gasteiger partial charge in [0.2, 0.25) is 0 Å². The summed E-state index contributed by atoms with van der Waals surface area (Å²) in [4.78, 5) is 2.36. The molecule has 0 aromatic heterocycles. The smallest absolute Gasteiger partial charge is 0.122 e. The van der Waals surface area contributed by atoms with Crippen LogP contribution in [0.25, 0.3) is 0 Å². The molecule has 0 aliphatic carbocycles. The first kappa shape index (κ1) is 13.2. The van der Waals surface area contributed by atoms with Crippen LogP contribution >= 0.6 is 0 Å². The van der Waals surface area contributed by atoms with Crippen LogP contribution in [0.2, 0.25) is 0 Å². The number of likely N-dealkylation sites (N-methyl/N-ethyl adjacent to an activating group) is 1. The Labute approximate surface area is 109 Å². The van der Waals surface area contributed by atoms with Gasteiger partial charge >= 0.3 is 0 Å². The van der Waals surface area contributed by atoms with E-state index in [4.69, 9.17) is 9.47 Å². The Morgan fingerprint density at radius 1 is 1.17 bits per heavy atom. The number of ether oxygens (including phenoxy) is 2. The number of hydrogen-bond donors (Lipinski definition) is 1. The zero-order valence-electron chi connectivity index (χ0n) is 11.4. The summed E-state index contributed by atoms with van der Waals surface area (Å²) >= 11 is 0. The van der Waals surface area contributed by atoms with Crippen molar-refractivity contribution in [1.82, 2.24) is 10.2 Å². The maximum atomic E-state index is 5.32. The Morgan fingerprint density at radius 3 is 2.44 bits per heavy atom. The quantitative estimate of drug-likeness (QED) is 0.885. The van der Waals surface area contributed by atoms with Crippen LogP contribution in [0.15, 0.2) is 18.2 Å². The first-order valence-electron chi connectivity index (χ1n) is 6.38. The van der Waals surface area contributed by atoms with Crippen molar-refractivity contribution in [3.05, 3.63) is 23.8 Å². The van der Waals surface area contributed by atoms with E-state index < -0.39 is 0 Å². The Morgan fingerprint density at radius 2 is 1.83 bits per heavy atom. The van der Waals surface area contributed by atoms with E-state index in [2.05, 4.69) is 29.4 Å². The van der Waals surface area contributed by atoms with Crippen LogP contribution in [0.3, 0.4) is 0 Å². The van der Waals surface area contributed by atoms with Crippen LogP contribution in [0, 0.1) is 0 Å². The van der Waals surface area contributed by atoms with Crippen molar-refractivity contribution in [2.75, 3.05) is 40.9 Å². The second-order valence-corrected chi connectivity index (χ2v) is 4.77. The highest BCUT2D eigenvalue weighted by Gasteiger charge is 2.18. The zero-order chi connectivity index (χ0) is 13.0. The van der Waals surface area contributed by atoms with Gasteiger partial charge in [0.05, 0.1) is 14.2 Å². The van der Waals surface area contributed by atoms with E-state index in [0.717, 1.165) is 31.1 Å². The maximum Gasteiger partial charge on any atom is 0.122 e. The minimum Gasteiger partial charge on any atom is -0.497 e. The Hall–Kier alpha value is -1.26. The minimum absolute atomic E-state index is 0.335. The molecule has 18 heavy (non-hydrogen) atoms. The van der Waals surface area contributed by atoms with E-state index in [-0.39, 0.29) is 0 Å². The molecular formula is C14H22N2O2. The average Bonchev–Trinajstić information content (AvgIpc) is 2.62. The van der Waals surface area contributed by atoms with Gasteiger partial charge in [-0.05, 0) is 44.3 Å². The van der Waals surface area contributed by atoms with Crippen LogP contribution in [0.5, 0.6) is 11.5 Å². The highest BCUT2D eigenvalue weighted by molar-refractivity contribution is 5.40. The van der Waals surface area contributed by atoms with Gasteiger partial charge in [0.25, 0.3) is 0 Å². The highest BCUT2D eigenvalue weighted by atomic mass is 16.5. The van der Waals surface area contributed by atoms with E-state index in [0.29, 0.717) is 6.04 Å². The van der Waals surface area contributed by atoms with Crippen LogP contribution in [-0.4, -0.2) is 45.8 Å². The Bertz CT molecular complexity index is 373. The molecule has 1 saturated heterocycles. The molecule has 4 nitrogen and oxygen atoms in total. The number of hydrogen-bond acceptors (Lipinski definition) is 4. The van der Waals surface area contributed by atoms with Crippen molar-refractivity contribution in [1.29, 1.82) is 0 Å². The van der Waals surface area contributed by atoms with Crippen LogP contribution < -0.4 is 14.8 Å². The molecule has 1 aliphatic rings. The lowest BCUT2D eigenvalue weighted by molar-refractivity contribution is 0.325. The molecule has 1 N–H and O–H groups in total. The number of benzene rings is 1. The summed E-state index contributed by atoms with van der Waals surface area (Å²) in [6.07, 6.45) is 1.19. The van der Waals surface area contributed by atoms with Gasteiger partial charge in [-0.1, -0.05) is 0 Å². The third-order valence-corrected chi connectivity index (χ3v) is 3.38. The van der Waals surface area contributed by atoms with Crippen molar-refractivity contribution in [3.8, 4) is 11.5 Å². The van der Waals surface area contributed by atoms with E-state index in [1.165, 1.54) is 12.0 Å². The van der Waals surface area contributed by atoms with Crippen molar-refractivity contribution < 1.29 is 9.47 Å². The summed E-state index contributed by atoms with van der Waals surface area (Å²) in [6.45, 7) is 3.20. The van der Waals surface area contributed by atoms with Crippen LogP contribution in [0.4, 0.5) is 0 Å². The van der Waals surface area contributed by atoms with Crippen LogP contribution in [-0.2, 0) is 0 Å². The molecule has 2 rings (SSSR count). The fourth-order valence-corrected chi connectivity index (χ4v) is 2.35. The molecule has 1 atom stereocenters. The lowest BCUT2D eigenvalue weighted by Gasteiger charge is -2.21. The predicted octanol–water partition coefficient (Wildman–Crippen LogP) is 1.67. The fraction of sp³-hybridized carbons (Fsp3) is 0.571. The number of nitrogens with zero attached hydrogens (tertiary/aromatic N) is 1. The van der Waals surface area contributed by atoms with E-state index in [1.807, 2.05) is 6.07 Å². The average molecular weight is 250 g/mol. The Kier molecular flexibility index (Phi) is 4.44. The molecule has 0 bridgehead atoms. The third kappa shape index (κ3) is 3.15. The molecule has 1 aromatic carbocycles. The standard InChI is InChI=1S/C14H22N2O2/c1-16-6-4-5-15-14(10-16)11-7-12(17-2)9-13(8-11)18-3/h7-9,14-15H,4-6,10H2,1-3H3. The molecular weight excluding hydrogens is 228 g/mol. The first-order valence-corrected chi connectivity index (χ1v) is 6.38. The molecule has 1 unspecified atom stereocenters. The van der Waals surface area contributed by atoms with Gasteiger partial charge in [-0.15, -0.1) is 0 Å². The maximum absolute atomic E-state index is 5.32. The lowest BCUT2D eigenvalue weighted by Crippen LogP contribution is -2.28. The topological polar surface area (TPSA) is 33.7 Å². The molecule has 1 heterocycles. The second-order valence-electron chi connectivity index (χ2n) is 4.77. The molecule has 1 aromatic rings. The van der Waals surface area contributed by atoms with E-state index in [1.54, 1.807) is 14.2 Å². The molecule has 0 spiro atoms. The molecule has 0 radical (unpaired) electrons. The summed E-state index contributed by atoms with van der Waals surface area (Å²) in [5.41, 5.74) is 1.22. The third-order valence-electron chi connectivity index (χ3n) is 3.38. The fourth-order valence-electron chi connectivity index (χ4n) is 2.35. The number of nitrogens with one attached hydrogen (secondary N) is 1. The summed E-state index contributed by atoms with van der Waals surface area (Å²) in [5.74, 6) is 1.69. The lowest BCUT2D eigenvalue weighted by atomic mass is 10.1. The van der Waals surface area contributed by atoms with Crippen molar-refractivity contribution in [2.45, 2.75) is 12.5 Å². The van der Waals surface area contributed by atoms with Gasteiger partial charge in [-0.3, -0.25) is 0 Å². The molecule has 1 fully saturated rings.